The number of alkyl halides is 3. The van der Waals surface area contributed by atoms with Gasteiger partial charge in [-0.2, -0.15) is 13.2 Å². The van der Waals surface area contributed by atoms with Crippen LogP contribution in [0.15, 0.2) is 16.6 Å². The van der Waals surface area contributed by atoms with Gasteiger partial charge in [0.15, 0.2) is 0 Å². The lowest BCUT2D eigenvalue weighted by molar-refractivity contribution is -0.189. The number of hydrogen-bond acceptors (Lipinski definition) is 2. The summed E-state index contributed by atoms with van der Waals surface area (Å²) < 4.78 is 67.4. The van der Waals surface area contributed by atoms with Crippen LogP contribution in [0.5, 0.6) is 0 Å². The van der Waals surface area contributed by atoms with Crippen LogP contribution in [0.25, 0.3) is 0 Å². The molecule has 0 aromatic heterocycles. The number of rotatable bonds is 2. The monoisotopic (exact) mass is 394 g/mol. The zero-order valence-electron chi connectivity index (χ0n) is 10.7. The van der Waals surface area contributed by atoms with Crippen LogP contribution >= 0.6 is 28.3 Å². The van der Waals surface area contributed by atoms with Crippen molar-refractivity contribution >= 4 is 28.3 Å². The van der Waals surface area contributed by atoms with Gasteiger partial charge < -0.3 is 5.32 Å². The SMILES string of the molecule is Cl.Fc1ccc(Br)c(F)c1[C@@H](N1CCNCC1)C(F)(F)F. The fourth-order valence-corrected chi connectivity index (χ4v) is 2.63. The molecule has 1 atom stereocenters. The number of piperazine rings is 1. The summed E-state index contributed by atoms with van der Waals surface area (Å²) in [6, 6.07) is -0.384. The zero-order valence-corrected chi connectivity index (χ0v) is 13.1. The molecule has 0 unspecified atom stereocenters. The maximum atomic E-state index is 14.0. The molecule has 1 aliphatic rings. The molecule has 0 bridgehead atoms. The van der Waals surface area contributed by atoms with E-state index >= 15 is 0 Å². The summed E-state index contributed by atoms with van der Waals surface area (Å²) in [6.07, 6.45) is -4.75. The molecule has 0 amide bonds. The Morgan fingerprint density at radius 3 is 2.24 bits per heavy atom. The molecule has 21 heavy (non-hydrogen) atoms. The van der Waals surface area contributed by atoms with E-state index in [1.54, 1.807) is 0 Å². The van der Waals surface area contributed by atoms with Crippen molar-refractivity contribution in [2.75, 3.05) is 26.2 Å². The summed E-state index contributed by atoms with van der Waals surface area (Å²) >= 11 is 2.80. The highest BCUT2D eigenvalue weighted by Crippen LogP contribution is 2.41. The lowest BCUT2D eigenvalue weighted by Gasteiger charge is -2.36. The van der Waals surface area contributed by atoms with Gasteiger partial charge in [0, 0.05) is 26.2 Å². The fourth-order valence-electron chi connectivity index (χ4n) is 2.29. The second kappa shape index (κ2) is 7.21. The van der Waals surface area contributed by atoms with Crippen LogP contribution in [0.1, 0.15) is 11.6 Å². The maximum Gasteiger partial charge on any atom is 0.408 e. The van der Waals surface area contributed by atoms with Crippen molar-refractivity contribution in [2.45, 2.75) is 12.2 Å². The Bertz CT molecular complexity index is 491. The third kappa shape index (κ3) is 4.06. The quantitative estimate of drug-likeness (QED) is 0.607. The van der Waals surface area contributed by atoms with Gasteiger partial charge in [0.05, 0.1) is 10.0 Å². The number of hydrogen-bond donors (Lipinski definition) is 1. The third-order valence-electron chi connectivity index (χ3n) is 3.18. The Morgan fingerprint density at radius 1 is 1.14 bits per heavy atom. The highest BCUT2D eigenvalue weighted by molar-refractivity contribution is 9.10. The Morgan fingerprint density at radius 2 is 1.71 bits per heavy atom. The van der Waals surface area contributed by atoms with E-state index in [0.717, 1.165) is 17.0 Å². The minimum absolute atomic E-state index is 0. The molecular formula is C12H13BrClF5N2. The lowest BCUT2D eigenvalue weighted by Crippen LogP contribution is -2.49. The van der Waals surface area contributed by atoms with Gasteiger partial charge in [-0.1, -0.05) is 0 Å². The highest BCUT2D eigenvalue weighted by Gasteiger charge is 2.47. The summed E-state index contributed by atoms with van der Waals surface area (Å²) in [4.78, 5) is 1.05. The van der Waals surface area contributed by atoms with E-state index in [4.69, 9.17) is 0 Å². The summed E-state index contributed by atoms with van der Waals surface area (Å²) in [7, 11) is 0. The van der Waals surface area contributed by atoms with E-state index in [0.29, 0.717) is 13.1 Å². The molecule has 1 heterocycles. The van der Waals surface area contributed by atoms with E-state index in [9.17, 15) is 22.0 Å². The van der Waals surface area contributed by atoms with Crippen LogP contribution in [0.3, 0.4) is 0 Å². The predicted molar refractivity (Wildman–Crippen MR) is 74.5 cm³/mol. The van der Waals surface area contributed by atoms with Gasteiger partial charge in [-0.3, -0.25) is 4.90 Å². The van der Waals surface area contributed by atoms with E-state index in [1.165, 1.54) is 0 Å². The maximum absolute atomic E-state index is 14.0. The summed E-state index contributed by atoms with van der Waals surface area (Å²) in [5.74, 6) is -2.39. The zero-order chi connectivity index (χ0) is 14.9. The van der Waals surface area contributed by atoms with Crippen molar-refractivity contribution in [3.63, 3.8) is 0 Å². The van der Waals surface area contributed by atoms with Crippen molar-refractivity contribution in [1.29, 1.82) is 0 Å². The van der Waals surface area contributed by atoms with E-state index in [2.05, 4.69) is 21.2 Å². The van der Waals surface area contributed by atoms with Crippen LogP contribution < -0.4 is 5.32 Å². The van der Waals surface area contributed by atoms with Gasteiger partial charge in [0.1, 0.15) is 17.7 Å². The number of nitrogens with one attached hydrogen (secondary N) is 1. The first kappa shape index (κ1) is 18.6. The van der Waals surface area contributed by atoms with Crippen LogP contribution in [0.2, 0.25) is 0 Å². The number of benzene rings is 1. The molecule has 2 rings (SSSR count). The van der Waals surface area contributed by atoms with Gasteiger partial charge in [0.25, 0.3) is 0 Å². The van der Waals surface area contributed by atoms with Gasteiger partial charge in [0.2, 0.25) is 0 Å². The van der Waals surface area contributed by atoms with Crippen molar-refractivity contribution in [2.24, 2.45) is 0 Å². The molecule has 0 saturated carbocycles. The molecule has 0 spiro atoms. The van der Waals surface area contributed by atoms with Crippen molar-refractivity contribution in [1.82, 2.24) is 10.2 Å². The molecule has 1 saturated heterocycles. The Balaban J connectivity index is 0.00000220. The molecule has 1 aromatic carbocycles. The lowest BCUT2D eigenvalue weighted by atomic mass is 10.0. The highest BCUT2D eigenvalue weighted by atomic mass is 79.9. The smallest absolute Gasteiger partial charge is 0.314 e. The average molecular weight is 396 g/mol. The second-order valence-corrected chi connectivity index (χ2v) is 5.34. The van der Waals surface area contributed by atoms with Gasteiger partial charge in [-0.25, -0.2) is 8.78 Å². The summed E-state index contributed by atoms with van der Waals surface area (Å²) in [5.41, 5.74) is -0.950. The molecule has 1 aliphatic heterocycles. The largest absolute Gasteiger partial charge is 0.408 e. The summed E-state index contributed by atoms with van der Waals surface area (Å²) in [6.45, 7) is 0.860. The molecule has 1 fully saturated rings. The van der Waals surface area contributed by atoms with Gasteiger partial charge in [-0.15, -0.1) is 12.4 Å². The standard InChI is InChI=1S/C12H12BrF5N2.ClH/c13-7-1-2-8(14)9(10(7)15)11(12(16,17)18)20-5-3-19-4-6-20;/h1-2,11,19H,3-6H2;1H/t11-;/m1./s1. The van der Waals surface area contributed by atoms with E-state index in [-0.39, 0.29) is 30.0 Å². The Kier molecular flexibility index (Phi) is 6.39. The Hall–Kier alpha value is -0.440. The third-order valence-corrected chi connectivity index (χ3v) is 3.79. The second-order valence-electron chi connectivity index (χ2n) is 4.49. The fraction of sp³-hybridized carbons (Fsp3) is 0.500. The molecule has 2 nitrogen and oxygen atoms in total. The normalized spacial score (nSPS) is 18.2. The molecule has 0 aliphatic carbocycles. The van der Waals surface area contributed by atoms with Crippen molar-refractivity contribution in [3.05, 3.63) is 33.8 Å². The molecule has 0 radical (unpaired) electrons. The topological polar surface area (TPSA) is 15.3 Å². The predicted octanol–water partition coefficient (Wildman–Crippen LogP) is 3.66. The molecule has 120 valence electrons. The molecular weight excluding hydrogens is 382 g/mol. The average Bonchev–Trinajstić information content (AvgIpc) is 2.39. The minimum atomic E-state index is -4.75. The number of halogens is 7. The van der Waals surface area contributed by atoms with Crippen molar-refractivity contribution in [3.8, 4) is 0 Å². The minimum Gasteiger partial charge on any atom is -0.314 e. The van der Waals surface area contributed by atoms with Gasteiger partial charge >= 0.3 is 6.18 Å². The van der Waals surface area contributed by atoms with Crippen LogP contribution in [0, 0.1) is 11.6 Å². The van der Waals surface area contributed by atoms with Crippen LogP contribution in [-0.4, -0.2) is 37.3 Å². The van der Waals surface area contributed by atoms with E-state index in [1.807, 2.05) is 0 Å². The first-order valence-corrected chi connectivity index (χ1v) is 6.76. The first-order valence-electron chi connectivity index (χ1n) is 5.97. The van der Waals surface area contributed by atoms with E-state index < -0.39 is 29.4 Å². The van der Waals surface area contributed by atoms with Crippen molar-refractivity contribution < 1.29 is 22.0 Å². The van der Waals surface area contributed by atoms with Crippen LogP contribution in [-0.2, 0) is 0 Å². The van der Waals surface area contributed by atoms with Gasteiger partial charge in [-0.05, 0) is 28.1 Å². The van der Waals surface area contributed by atoms with Crippen LogP contribution in [0.4, 0.5) is 22.0 Å². The molecule has 9 heteroatoms. The summed E-state index contributed by atoms with van der Waals surface area (Å²) in [5, 5.41) is 2.91. The molecule has 1 aromatic rings. The number of nitrogens with zero attached hydrogens (tertiary/aromatic N) is 1. The molecule has 1 N–H and O–H groups in total. The Labute approximate surface area is 133 Å². The first-order chi connectivity index (χ1) is 9.32.